The number of Topliss-reactive ketones (excluding diaryl/α,β-unsaturated/α-hetero) is 1. The predicted octanol–water partition coefficient (Wildman–Crippen LogP) is 5.17. The van der Waals surface area contributed by atoms with Crippen molar-refractivity contribution in [1.82, 2.24) is 14.8 Å². The number of nitrogens with zero attached hydrogens (tertiary/aromatic N) is 3. The Hall–Kier alpha value is -3.83. The van der Waals surface area contributed by atoms with Crippen LogP contribution in [0.5, 0.6) is 5.75 Å². The second kappa shape index (κ2) is 15.6. The van der Waals surface area contributed by atoms with Crippen molar-refractivity contribution in [1.29, 1.82) is 0 Å². The first-order valence-electron chi connectivity index (χ1n) is 14.3. The van der Waals surface area contributed by atoms with Crippen LogP contribution in [-0.2, 0) is 18.1 Å². The molecular weight excluding hydrogens is 576 g/mol. The van der Waals surface area contributed by atoms with Crippen LogP contribution in [0.15, 0.2) is 60.8 Å². The van der Waals surface area contributed by atoms with E-state index >= 15 is 0 Å². The minimum Gasteiger partial charge on any atom is -0.490 e. The highest BCUT2D eigenvalue weighted by molar-refractivity contribution is 7.51. The topological polar surface area (TPSA) is 96.9 Å². The van der Waals surface area contributed by atoms with Gasteiger partial charge in [-0.1, -0.05) is 17.7 Å². The number of piperidine rings is 2. The monoisotopic (exact) mass is 611 g/mol. The number of amides is 1. The molecule has 0 bridgehead atoms. The van der Waals surface area contributed by atoms with E-state index in [1.165, 1.54) is 23.9 Å². The van der Waals surface area contributed by atoms with Gasteiger partial charge in [0.1, 0.15) is 29.2 Å². The van der Waals surface area contributed by atoms with Crippen molar-refractivity contribution in [2.45, 2.75) is 51.7 Å². The van der Waals surface area contributed by atoms with E-state index in [9.17, 15) is 18.4 Å². The smallest absolute Gasteiger partial charge is 0.335 e. The molecule has 2 aromatic carbocycles. The van der Waals surface area contributed by atoms with Crippen LogP contribution < -0.4 is 4.74 Å². The van der Waals surface area contributed by atoms with Crippen molar-refractivity contribution in [3.8, 4) is 5.75 Å². The van der Waals surface area contributed by atoms with E-state index in [4.69, 9.17) is 13.2 Å². The fourth-order valence-electron chi connectivity index (χ4n) is 5.52. The lowest BCUT2D eigenvalue weighted by atomic mass is 9.90. The molecular formula is C32H35F2N3O5S. The lowest BCUT2D eigenvalue weighted by Gasteiger charge is -2.32. The normalized spacial score (nSPS) is 16.2. The summed E-state index contributed by atoms with van der Waals surface area (Å²) in [4.78, 5) is 34.2. The molecule has 2 aliphatic heterocycles. The van der Waals surface area contributed by atoms with Crippen molar-refractivity contribution in [2.24, 2.45) is 5.92 Å². The second-order valence-electron chi connectivity index (χ2n) is 11.0. The van der Waals surface area contributed by atoms with Crippen LogP contribution in [0.25, 0.3) is 0 Å². The van der Waals surface area contributed by atoms with Gasteiger partial charge in [0.05, 0.1) is 0 Å². The van der Waals surface area contributed by atoms with Gasteiger partial charge in [-0.15, -0.1) is 0 Å². The third-order valence-electron chi connectivity index (χ3n) is 7.87. The van der Waals surface area contributed by atoms with E-state index in [1.54, 1.807) is 17.0 Å². The van der Waals surface area contributed by atoms with Crippen LogP contribution >= 0.6 is 0 Å². The summed E-state index contributed by atoms with van der Waals surface area (Å²) in [5.74, 6) is -0.139. The Morgan fingerprint density at radius 2 is 1.53 bits per heavy atom. The Kier molecular flexibility index (Phi) is 11.6. The molecule has 8 nitrogen and oxygen atoms in total. The summed E-state index contributed by atoms with van der Waals surface area (Å²) in [6.07, 6.45) is 5.22. The fourth-order valence-corrected chi connectivity index (χ4v) is 5.52. The maximum atomic E-state index is 13.5. The molecule has 2 saturated heterocycles. The van der Waals surface area contributed by atoms with Gasteiger partial charge in [0, 0.05) is 56.7 Å². The van der Waals surface area contributed by atoms with E-state index in [0.717, 1.165) is 50.6 Å². The van der Waals surface area contributed by atoms with E-state index in [0.29, 0.717) is 42.9 Å². The average molecular weight is 612 g/mol. The highest BCUT2D eigenvalue weighted by atomic mass is 32.1. The highest BCUT2D eigenvalue weighted by Crippen LogP contribution is 2.25. The molecule has 43 heavy (non-hydrogen) atoms. The Labute approximate surface area is 253 Å². The maximum absolute atomic E-state index is 13.5. The predicted molar refractivity (Wildman–Crippen MR) is 157 cm³/mol. The van der Waals surface area contributed by atoms with Crippen LogP contribution in [0.1, 0.15) is 64.1 Å². The largest absolute Gasteiger partial charge is 0.490 e. The van der Waals surface area contributed by atoms with Gasteiger partial charge in [0.15, 0.2) is 5.78 Å². The molecule has 5 rings (SSSR count). The molecule has 0 radical (unpaired) electrons. The summed E-state index contributed by atoms with van der Waals surface area (Å²) in [5, 5.41) is 0. The fraction of sp³-hybridized carbons (Fsp3) is 0.406. The molecule has 3 aromatic rings. The van der Waals surface area contributed by atoms with E-state index < -0.39 is 23.2 Å². The van der Waals surface area contributed by atoms with Gasteiger partial charge < -0.3 is 9.64 Å². The third kappa shape index (κ3) is 9.59. The van der Waals surface area contributed by atoms with E-state index in [-0.39, 0.29) is 23.7 Å². The zero-order valence-electron chi connectivity index (χ0n) is 24.0. The standard InChI is InChI=1S/C32H35F2N3O3.O2S/c1-22-2-5-28(6-3-22)40-29-10-14-37(15-11-29)32(39)30-7-4-25(20-35-30)31(38)18-23-8-12-36(13-9-23)21-24-16-26(33)19-27(34)17-24;1-3-2/h2-7,16-17,19-20,23,29H,8-15,18,21H2,1H3;. The molecule has 0 saturated carbocycles. The average Bonchev–Trinajstić information content (AvgIpc) is 2.99. The van der Waals surface area contributed by atoms with Gasteiger partial charge >= 0.3 is 11.6 Å². The Bertz CT molecular complexity index is 1400. The SMILES string of the molecule is Cc1ccc(OC2CCN(C(=O)c3ccc(C(=O)CC4CCN(Cc5cc(F)cc(F)c5)CC4)cn3)CC2)cc1.O=S=O. The van der Waals surface area contributed by atoms with Gasteiger partial charge in [-0.25, -0.2) is 8.78 Å². The molecule has 0 spiro atoms. The van der Waals surface area contributed by atoms with Gasteiger partial charge in [0.25, 0.3) is 5.91 Å². The van der Waals surface area contributed by atoms with E-state index in [2.05, 4.69) is 9.88 Å². The number of hydrogen-bond donors (Lipinski definition) is 0. The molecule has 1 aromatic heterocycles. The molecule has 11 heteroatoms. The number of likely N-dealkylation sites (tertiary alicyclic amines) is 2. The van der Waals surface area contributed by atoms with Crippen molar-refractivity contribution >= 4 is 23.3 Å². The van der Waals surface area contributed by atoms with Gasteiger partial charge in [-0.2, -0.15) is 8.42 Å². The van der Waals surface area contributed by atoms with E-state index in [1.807, 2.05) is 31.2 Å². The number of benzene rings is 2. The summed E-state index contributed by atoms with van der Waals surface area (Å²) >= 11 is -0.750. The summed E-state index contributed by atoms with van der Waals surface area (Å²) in [7, 11) is 0. The Morgan fingerprint density at radius 3 is 2.12 bits per heavy atom. The summed E-state index contributed by atoms with van der Waals surface area (Å²) in [5.41, 5.74) is 2.66. The molecule has 2 fully saturated rings. The molecule has 0 atom stereocenters. The molecule has 0 unspecified atom stereocenters. The number of aryl methyl sites for hydroxylation is 1. The number of halogens is 2. The summed E-state index contributed by atoms with van der Waals surface area (Å²) < 4.78 is 49.6. The lowest BCUT2D eigenvalue weighted by Crippen LogP contribution is -2.42. The lowest BCUT2D eigenvalue weighted by molar-refractivity contribution is 0.0589. The number of rotatable bonds is 8. The van der Waals surface area contributed by atoms with Crippen molar-refractivity contribution < 1.29 is 31.5 Å². The number of ether oxygens (including phenoxy) is 1. The molecule has 0 N–H and O–H groups in total. The summed E-state index contributed by atoms with van der Waals surface area (Å²) in [6, 6.07) is 14.9. The van der Waals surface area contributed by atoms with Crippen LogP contribution in [0.2, 0.25) is 0 Å². The van der Waals surface area contributed by atoms with Crippen molar-refractivity contribution in [2.75, 3.05) is 26.2 Å². The number of carbonyl (C=O) groups is 2. The van der Waals surface area contributed by atoms with Crippen LogP contribution in [0.3, 0.4) is 0 Å². The quantitative estimate of drug-likeness (QED) is 0.325. The van der Waals surface area contributed by atoms with Crippen LogP contribution in [0.4, 0.5) is 8.78 Å². The minimum absolute atomic E-state index is 0.0196. The number of carbonyl (C=O) groups excluding carboxylic acids is 2. The molecule has 2 aliphatic rings. The molecule has 3 heterocycles. The van der Waals surface area contributed by atoms with Crippen molar-refractivity contribution in [3.63, 3.8) is 0 Å². The van der Waals surface area contributed by atoms with Crippen LogP contribution in [-0.4, -0.2) is 67.2 Å². The zero-order chi connectivity index (χ0) is 30.8. The Morgan fingerprint density at radius 1 is 0.907 bits per heavy atom. The first-order chi connectivity index (χ1) is 20.7. The number of aromatic nitrogens is 1. The third-order valence-corrected chi connectivity index (χ3v) is 7.87. The van der Waals surface area contributed by atoms with Gasteiger partial charge in [-0.3, -0.25) is 19.5 Å². The highest BCUT2D eigenvalue weighted by Gasteiger charge is 2.26. The van der Waals surface area contributed by atoms with Gasteiger partial charge in [0.2, 0.25) is 0 Å². The first-order valence-corrected chi connectivity index (χ1v) is 15.0. The Balaban J connectivity index is 0.00000135. The molecule has 228 valence electrons. The zero-order valence-corrected chi connectivity index (χ0v) is 24.9. The first kappa shape index (κ1) is 32.1. The van der Waals surface area contributed by atoms with Crippen LogP contribution in [0, 0.1) is 24.5 Å². The number of pyridine rings is 1. The maximum Gasteiger partial charge on any atom is 0.335 e. The van der Waals surface area contributed by atoms with Crippen molar-refractivity contribution in [3.05, 3.63) is 94.8 Å². The molecule has 0 aliphatic carbocycles. The van der Waals surface area contributed by atoms with Gasteiger partial charge in [-0.05, 0) is 80.7 Å². The minimum atomic E-state index is -0.750. The molecule has 1 amide bonds. The number of hydrogen-bond acceptors (Lipinski definition) is 7. The summed E-state index contributed by atoms with van der Waals surface area (Å²) in [6.45, 7) is 5.28. The number of ketones is 1. The second-order valence-corrected chi connectivity index (χ2v) is 11.2.